The van der Waals surface area contributed by atoms with Crippen molar-refractivity contribution in [2.75, 3.05) is 18.4 Å². The highest BCUT2D eigenvalue weighted by Crippen LogP contribution is 2.42. The molecular formula is C25H22F3N5O2. The van der Waals surface area contributed by atoms with Crippen molar-refractivity contribution in [3.05, 3.63) is 94.8 Å². The molecular weight excluding hydrogens is 459 g/mol. The molecule has 1 atom stereocenters. The smallest absolute Gasteiger partial charge is 0.406 e. The second kappa shape index (κ2) is 8.95. The molecule has 0 saturated heterocycles. The Kier molecular flexibility index (Phi) is 5.81. The fraction of sp³-hybridized carbons (Fsp3) is 0.200. The van der Waals surface area contributed by atoms with Gasteiger partial charge in [0, 0.05) is 47.7 Å². The summed E-state index contributed by atoms with van der Waals surface area (Å²) in [4.78, 5) is 12.8. The number of carbonyl (C=O) groups is 1. The normalized spacial score (nSPS) is 17.3. The van der Waals surface area contributed by atoms with Crippen molar-refractivity contribution in [2.24, 2.45) is 0 Å². The summed E-state index contributed by atoms with van der Waals surface area (Å²) in [5, 5.41) is 16.7. The predicted molar refractivity (Wildman–Crippen MR) is 124 cm³/mol. The molecule has 2 aliphatic heterocycles. The maximum atomic E-state index is 12.8. The van der Waals surface area contributed by atoms with Crippen molar-refractivity contribution in [3.63, 3.8) is 0 Å². The quantitative estimate of drug-likeness (QED) is 0.425. The molecule has 0 aliphatic carbocycles. The molecule has 4 N–H and O–H groups in total. The van der Waals surface area contributed by atoms with E-state index in [0.717, 1.165) is 28.0 Å². The van der Waals surface area contributed by atoms with Crippen LogP contribution in [0.25, 0.3) is 5.70 Å². The number of hydrogen-bond acceptors (Lipinski definition) is 6. The Balaban J connectivity index is 1.37. The molecule has 0 bridgehead atoms. The van der Waals surface area contributed by atoms with E-state index in [1.165, 1.54) is 18.2 Å². The van der Waals surface area contributed by atoms with Crippen LogP contribution in [0.15, 0.2) is 72.6 Å². The van der Waals surface area contributed by atoms with E-state index in [9.17, 15) is 18.0 Å². The lowest BCUT2D eigenvalue weighted by molar-refractivity contribution is -0.274. The van der Waals surface area contributed by atoms with Gasteiger partial charge in [-0.25, -0.2) is 0 Å². The monoisotopic (exact) mass is 481 g/mol. The lowest BCUT2D eigenvalue weighted by atomic mass is 9.79. The highest BCUT2D eigenvalue weighted by molar-refractivity contribution is 6.02. The van der Waals surface area contributed by atoms with Crippen LogP contribution in [0, 0.1) is 0 Å². The van der Waals surface area contributed by atoms with Gasteiger partial charge in [-0.3, -0.25) is 9.89 Å². The molecule has 2 aromatic carbocycles. The fourth-order valence-electron chi connectivity index (χ4n) is 4.44. The molecule has 0 radical (unpaired) electrons. The number of hydrogen-bond donors (Lipinski definition) is 4. The second-order valence-corrected chi connectivity index (χ2v) is 8.32. The van der Waals surface area contributed by atoms with Crippen molar-refractivity contribution < 1.29 is 22.7 Å². The van der Waals surface area contributed by atoms with Gasteiger partial charge in [0.25, 0.3) is 0 Å². The predicted octanol–water partition coefficient (Wildman–Crippen LogP) is 4.05. The van der Waals surface area contributed by atoms with Crippen LogP contribution >= 0.6 is 0 Å². The summed E-state index contributed by atoms with van der Waals surface area (Å²) in [5.41, 5.74) is 5.34. The molecule has 7 nitrogen and oxygen atoms in total. The average molecular weight is 481 g/mol. The number of anilines is 1. The third-order valence-corrected chi connectivity index (χ3v) is 5.96. The van der Waals surface area contributed by atoms with Gasteiger partial charge in [-0.15, -0.1) is 13.2 Å². The number of aromatic amines is 1. The molecule has 5 rings (SSSR count). The molecule has 0 fully saturated rings. The van der Waals surface area contributed by atoms with E-state index >= 15 is 0 Å². The van der Waals surface area contributed by atoms with Crippen LogP contribution in [0.2, 0.25) is 0 Å². The van der Waals surface area contributed by atoms with Gasteiger partial charge >= 0.3 is 6.36 Å². The third kappa shape index (κ3) is 4.78. The maximum Gasteiger partial charge on any atom is 0.573 e. The number of Topliss-reactive ketones (excluding diaryl/α,β-unsaturated/α-hetero) is 1. The lowest BCUT2D eigenvalue weighted by Crippen LogP contribution is -2.39. The fourth-order valence-corrected chi connectivity index (χ4v) is 4.44. The van der Waals surface area contributed by atoms with Crippen molar-refractivity contribution >= 4 is 17.3 Å². The van der Waals surface area contributed by atoms with Crippen LogP contribution in [0.4, 0.5) is 19.0 Å². The third-order valence-electron chi connectivity index (χ3n) is 5.96. The van der Waals surface area contributed by atoms with Crippen LogP contribution < -0.4 is 20.7 Å². The number of carbonyl (C=O) groups excluding carboxylic acids is 1. The molecule has 3 aromatic rings. The van der Waals surface area contributed by atoms with E-state index < -0.39 is 6.36 Å². The zero-order valence-corrected chi connectivity index (χ0v) is 18.5. The summed E-state index contributed by atoms with van der Waals surface area (Å²) in [7, 11) is 0. The topological polar surface area (TPSA) is 91.1 Å². The van der Waals surface area contributed by atoms with Gasteiger partial charge < -0.3 is 20.7 Å². The standard InChI is InChI=1S/C25H22F3N5O2/c1-14(30-10-15-4-2-7-18(8-15)35-25(26,27)28)16-5-3-6-17(9-16)22-19-11-31-33-24(19)32-20-12-29-13-21(34)23(20)22/h2-9,11,22,29-30H,1,10,12-13H2,(H2,31,32,33). The van der Waals surface area contributed by atoms with Gasteiger partial charge in [0.1, 0.15) is 5.75 Å². The Labute approximate surface area is 199 Å². The average Bonchev–Trinajstić information content (AvgIpc) is 3.29. The SMILES string of the molecule is C=C(NCc1cccc(OC(F)(F)F)c1)c1cccc(C2C3=C(CNCC3=O)Nc3n[nH]cc32)c1. The first kappa shape index (κ1) is 22.7. The Morgan fingerprint density at radius 2 is 2.00 bits per heavy atom. The van der Waals surface area contributed by atoms with Crippen LogP contribution in [0.1, 0.15) is 28.2 Å². The molecule has 1 unspecified atom stereocenters. The second-order valence-electron chi connectivity index (χ2n) is 8.32. The number of alkyl halides is 3. The summed E-state index contributed by atoms with van der Waals surface area (Å²) >= 11 is 0. The first-order valence-electron chi connectivity index (χ1n) is 10.9. The molecule has 2 aliphatic rings. The van der Waals surface area contributed by atoms with Crippen LogP contribution in [-0.4, -0.2) is 35.4 Å². The number of ketones is 1. The Morgan fingerprint density at radius 1 is 1.17 bits per heavy atom. The number of nitrogens with zero attached hydrogens (tertiary/aromatic N) is 1. The molecule has 0 spiro atoms. The molecule has 0 amide bonds. The summed E-state index contributed by atoms with van der Waals surface area (Å²) in [6, 6.07) is 13.5. The number of benzene rings is 2. The van der Waals surface area contributed by atoms with Crippen molar-refractivity contribution in [3.8, 4) is 5.75 Å². The largest absolute Gasteiger partial charge is 0.573 e. The zero-order valence-electron chi connectivity index (χ0n) is 18.5. The van der Waals surface area contributed by atoms with E-state index in [2.05, 4.69) is 37.5 Å². The lowest BCUT2D eigenvalue weighted by Gasteiger charge is -2.32. The Morgan fingerprint density at radius 3 is 2.83 bits per heavy atom. The van der Waals surface area contributed by atoms with E-state index in [0.29, 0.717) is 23.6 Å². The summed E-state index contributed by atoms with van der Waals surface area (Å²) in [6.07, 6.45) is -2.95. The number of fused-ring (bicyclic) bond motifs is 1. The van der Waals surface area contributed by atoms with Gasteiger partial charge in [0.2, 0.25) is 0 Å². The minimum Gasteiger partial charge on any atom is -0.406 e. The summed E-state index contributed by atoms with van der Waals surface area (Å²) in [5.74, 6) is 0.160. The molecule has 180 valence electrons. The van der Waals surface area contributed by atoms with Gasteiger partial charge in [0.15, 0.2) is 11.6 Å². The van der Waals surface area contributed by atoms with Gasteiger partial charge in [-0.05, 0) is 34.9 Å². The molecule has 10 heteroatoms. The van der Waals surface area contributed by atoms with E-state index in [4.69, 9.17) is 0 Å². The van der Waals surface area contributed by atoms with Gasteiger partial charge in [-0.2, -0.15) is 5.10 Å². The maximum absolute atomic E-state index is 12.8. The number of nitrogens with one attached hydrogen (secondary N) is 4. The van der Waals surface area contributed by atoms with Gasteiger partial charge in [-0.1, -0.05) is 36.9 Å². The van der Waals surface area contributed by atoms with E-state index in [1.807, 2.05) is 24.3 Å². The molecule has 1 aromatic heterocycles. The van der Waals surface area contributed by atoms with Crippen LogP contribution in [0.5, 0.6) is 5.75 Å². The first-order valence-corrected chi connectivity index (χ1v) is 10.9. The number of ether oxygens (including phenoxy) is 1. The zero-order chi connectivity index (χ0) is 24.6. The first-order chi connectivity index (χ1) is 16.8. The highest BCUT2D eigenvalue weighted by atomic mass is 19.4. The summed E-state index contributed by atoms with van der Waals surface area (Å²) < 4.78 is 41.5. The Bertz CT molecular complexity index is 1330. The minimum absolute atomic E-state index is 0.0268. The summed E-state index contributed by atoms with van der Waals surface area (Å²) in [6.45, 7) is 5.18. The van der Waals surface area contributed by atoms with Crippen LogP contribution in [0.3, 0.4) is 0 Å². The van der Waals surface area contributed by atoms with E-state index in [1.54, 1.807) is 12.3 Å². The number of halogens is 3. The number of H-pyrrole nitrogens is 1. The van der Waals surface area contributed by atoms with E-state index in [-0.39, 0.29) is 30.5 Å². The van der Waals surface area contributed by atoms with Gasteiger partial charge in [0.05, 0.1) is 6.54 Å². The van der Waals surface area contributed by atoms with Crippen LogP contribution in [-0.2, 0) is 11.3 Å². The molecule has 3 heterocycles. The number of rotatable bonds is 6. The molecule has 0 saturated carbocycles. The highest BCUT2D eigenvalue weighted by Gasteiger charge is 2.36. The minimum atomic E-state index is -4.75. The molecule has 35 heavy (non-hydrogen) atoms. The van der Waals surface area contributed by atoms with Crippen molar-refractivity contribution in [2.45, 2.75) is 18.8 Å². The van der Waals surface area contributed by atoms with Crippen molar-refractivity contribution in [1.29, 1.82) is 0 Å². The van der Waals surface area contributed by atoms with Crippen molar-refractivity contribution in [1.82, 2.24) is 20.8 Å². The Hall–Kier alpha value is -4.05. The number of aromatic nitrogens is 2.